The number of piperazine rings is 1. The van der Waals surface area contributed by atoms with Gasteiger partial charge in [0.25, 0.3) is 0 Å². The molecule has 1 saturated heterocycles. The Balaban J connectivity index is 1.70. The molecule has 0 unspecified atom stereocenters. The first-order valence-electron chi connectivity index (χ1n) is 8.83. The highest BCUT2D eigenvalue weighted by Crippen LogP contribution is 2.31. The van der Waals surface area contributed by atoms with Crippen LogP contribution in [0.3, 0.4) is 0 Å². The van der Waals surface area contributed by atoms with Crippen LogP contribution in [0, 0.1) is 5.82 Å². The maximum absolute atomic E-state index is 13.5. The number of rotatable bonds is 5. The highest BCUT2D eigenvalue weighted by atomic mass is 32.2. The number of sulfonamides is 1. The van der Waals surface area contributed by atoms with E-state index in [0.29, 0.717) is 37.0 Å². The van der Waals surface area contributed by atoms with Crippen LogP contribution in [0.15, 0.2) is 47.4 Å². The minimum atomic E-state index is -4.62. The van der Waals surface area contributed by atoms with Crippen molar-refractivity contribution in [3.8, 4) is 5.75 Å². The average Bonchev–Trinajstić information content (AvgIpc) is 2.68. The highest BCUT2D eigenvalue weighted by molar-refractivity contribution is 7.89. The Kier molecular flexibility index (Phi) is 6.16. The van der Waals surface area contributed by atoms with Gasteiger partial charge in [-0.1, -0.05) is 6.07 Å². The van der Waals surface area contributed by atoms with Gasteiger partial charge in [-0.05, 0) is 36.4 Å². The molecule has 29 heavy (non-hydrogen) atoms. The van der Waals surface area contributed by atoms with Gasteiger partial charge in [0, 0.05) is 38.3 Å². The van der Waals surface area contributed by atoms with Crippen molar-refractivity contribution >= 4 is 10.0 Å². The van der Waals surface area contributed by atoms with Crippen molar-refractivity contribution in [1.29, 1.82) is 0 Å². The van der Waals surface area contributed by atoms with Gasteiger partial charge in [0.05, 0.1) is 17.6 Å². The van der Waals surface area contributed by atoms with E-state index < -0.39 is 27.6 Å². The molecule has 1 fully saturated rings. The van der Waals surface area contributed by atoms with Crippen molar-refractivity contribution in [2.75, 3.05) is 33.3 Å². The van der Waals surface area contributed by atoms with Crippen molar-refractivity contribution in [2.45, 2.75) is 17.6 Å². The van der Waals surface area contributed by atoms with E-state index >= 15 is 0 Å². The largest absolute Gasteiger partial charge is 0.496 e. The van der Waals surface area contributed by atoms with Gasteiger partial charge in [-0.3, -0.25) is 4.90 Å². The lowest BCUT2D eigenvalue weighted by Crippen LogP contribution is -2.48. The van der Waals surface area contributed by atoms with Crippen LogP contribution in [0.4, 0.5) is 17.6 Å². The lowest BCUT2D eigenvalue weighted by Gasteiger charge is -2.34. The van der Waals surface area contributed by atoms with E-state index in [1.165, 1.54) is 29.6 Å². The highest BCUT2D eigenvalue weighted by Gasteiger charge is 2.34. The first-order valence-corrected chi connectivity index (χ1v) is 10.3. The second-order valence-electron chi connectivity index (χ2n) is 6.66. The van der Waals surface area contributed by atoms with Gasteiger partial charge in [-0.15, -0.1) is 0 Å². The summed E-state index contributed by atoms with van der Waals surface area (Å²) in [5, 5.41) is 0. The standard InChI is InChI=1S/C19H20F4N2O3S/c1-28-18-6-5-16(20)11-14(18)13-24-7-9-25(10-8-24)29(26,27)17-4-2-3-15(12-17)19(21,22)23/h2-6,11-12H,7-10,13H2,1H3. The molecule has 1 aliphatic rings. The third-order valence-electron chi connectivity index (χ3n) is 4.77. The molecule has 0 saturated carbocycles. The zero-order chi connectivity index (χ0) is 21.2. The molecule has 0 bridgehead atoms. The molecule has 1 aliphatic heterocycles. The summed E-state index contributed by atoms with van der Waals surface area (Å²) in [7, 11) is -2.56. The molecule has 5 nitrogen and oxygen atoms in total. The summed E-state index contributed by atoms with van der Waals surface area (Å²) in [6.45, 7) is 1.33. The number of alkyl halides is 3. The van der Waals surface area contributed by atoms with Crippen LogP contribution in [0.2, 0.25) is 0 Å². The second kappa shape index (κ2) is 8.29. The predicted molar refractivity (Wildman–Crippen MR) is 98.4 cm³/mol. The molecule has 10 heteroatoms. The van der Waals surface area contributed by atoms with Crippen LogP contribution in [0.5, 0.6) is 5.75 Å². The molecule has 0 radical (unpaired) electrons. The molecule has 0 aromatic heterocycles. The average molecular weight is 432 g/mol. The molecule has 158 valence electrons. The molecule has 0 amide bonds. The lowest BCUT2D eigenvalue weighted by atomic mass is 10.1. The minimum absolute atomic E-state index is 0.121. The Morgan fingerprint density at radius 2 is 1.72 bits per heavy atom. The number of hydrogen-bond donors (Lipinski definition) is 0. The fourth-order valence-electron chi connectivity index (χ4n) is 3.22. The third-order valence-corrected chi connectivity index (χ3v) is 6.66. The summed E-state index contributed by atoms with van der Waals surface area (Å²) >= 11 is 0. The molecule has 0 aliphatic carbocycles. The number of hydrogen-bond acceptors (Lipinski definition) is 4. The molecule has 2 aromatic rings. The Hall–Kier alpha value is -2.17. The second-order valence-corrected chi connectivity index (χ2v) is 8.60. The van der Waals surface area contributed by atoms with Crippen molar-refractivity contribution in [1.82, 2.24) is 9.21 Å². The van der Waals surface area contributed by atoms with Gasteiger partial charge in [-0.25, -0.2) is 12.8 Å². The van der Waals surface area contributed by atoms with E-state index in [1.54, 1.807) is 0 Å². The third kappa shape index (κ3) is 4.88. The molecule has 1 heterocycles. The van der Waals surface area contributed by atoms with Gasteiger partial charge in [0.2, 0.25) is 10.0 Å². The first-order chi connectivity index (χ1) is 13.6. The minimum Gasteiger partial charge on any atom is -0.496 e. The van der Waals surface area contributed by atoms with E-state index in [-0.39, 0.29) is 18.0 Å². The smallest absolute Gasteiger partial charge is 0.416 e. The number of halogens is 4. The predicted octanol–water partition coefficient (Wildman–Crippen LogP) is 3.36. The van der Waals surface area contributed by atoms with Crippen molar-refractivity contribution in [3.05, 3.63) is 59.4 Å². The number of ether oxygens (including phenoxy) is 1. The zero-order valence-electron chi connectivity index (χ0n) is 15.6. The van der Waals surface area contributed by atoms with Gasteiger partial charge in [0.15, 0.2) is 0 Å². The molecule has 0 N–H and O–H groups in total. The van der Waals surface area contributed by atoms with Crippen molar-refractivity contribution in [3.63, 3.8) is 0 Å². The van der Waals surface area contributed by atoms with Gasteiger partial charge < -0.3 is 4.74 Å². The Labute approximate surface area is 166 Å². The molecule has 2 aromatic carbocycles. The molecule has 0 spiro atoms. The molecule has 3 rings (SSSR count). The van der Waals surface area contributed by atoms with E-state index in [2.05, 4.69) is 0 Å². The van der Waals surface area contributed by atoms with E-state index in [0.717, 1.165) is 18.2 Å². The quantitative estimate of drug-likeness (QED) is 0.680. The Bertz CT molecular complexity index is 972. The summed E-state index contributed by atoms with van der Waals surface area (Å²) in [4.78, 5) is 1.56. The molecule has 0 atom stereocenters. The maximum atomic E-state index is 13.5. The SMILES string of the molecule is COc1ccc(F)cc1CN1CCN(S(=O)(=O)c2cccc(C(F)(F)F)c2)CC1. The van der Waals surface area contributed by atoms with Gasteiger partial charge in [0.1, 0.15) is 11.6 Å². The number of methoxy groups -OCH3 is 1. The van der Waals surface area contributed by atoms with E-state index in [1.807, 2.05) is 4.90 Å². The summed E-state index contributed by atoms with van der Waals surface area (Å²) in [6, 6.07) is 7.92. The normalized spacial score (nSPS) is 16.7. The van der Waals surface area contributed by atoms with E-state index in [9.17, 15) is 26.0 Å². The zero-order valence-corrected chi connectivity index (χ0v) is 16.4. The summed E-state index contributed by atoms with van der Waals surface area (Å²) < 4.78 is 84.1. The van der Waals surface area contributed by atoms with Crippen LogP contribution in [-0.2, 0) is 22.7 Å². The van der Waals surface area contributed by atoms with E-state index in [4.69, 9.17) is 4.74 Å². The van der Waals surface area contributed by atoms with Crippen molar-refractivity contribution in [2.24, 2.45) is 0 Å². The van der Waals surface area contributed by atoms with Gasteiger partial charge >= 0.3 is 6.18 Å². The summed E-state index contributed by atoms with van der Waals surface area (Å²) in [5.74, 6) is 0.136. The van der Waals surface area contributed by atoms with Gasteiger partial charge in [-0.2, -0.15) is 17.5 Å². The van der Waals surface area contributed by atoms with Crippen LogP contribution < -0.4 is 4.74 Å². The van der Waals surface area contributed by atoms with Crippen LogP contribution >= 0.6 is 0 Å². The lowest BCUT2D eigenvalue weighted by molar-refractivity contribution is -0.137. The number of benzene rings is 2. The molecular formula is C19H20F4N2O3S. The monoisotopic (exact) mass is 432 g/mol. The number of nitrogens with zero attached hydrogens (tertiary/aromatic N) is 2. The fraction of sp³-hybridized carbons (Fsp3) is 0.368. The first kappa shape index (κ1) is 21.5. The van der Waals surface area contributed by atoms with Crippen LogP contribution in [0.1, 0.15) is 11.1 Å². The fourth-order valence-corrected chi connectivity index (χ4v) is 4.69. The van der Waals surface area contributed by atoms with Crippen LogP contribution in [-0.4, -0.2) is 50.9 Å². The molecular weight excluding hydrogens is 412 g/mol. The summed E-state index contributed by atoms with van der Waals surface area (Å²) in [5.41, 5.74) is -0.364. The topological polar surface area (TPSA) is 49.9 Å². The maximum Gasteiger partial charge on any atom is 0.416 e. The summed E-state index contributed by atoms with van der Waals surface area (Å²) in [6.07, 6.45) is -4.62. The van der Waals surface area contributed by atoms with Crippen LogP contribution in [0.25, 0.3) is 0 Å². The van der Waals surface area contributed by atoms with Crippen molar-refractivity contribution < 1.29 is 30.7 Å². The Morgan fingerprint density at radius 3 is 2.34 bits per heavy atom. The Morgan fingerprint density at radius 1 is 1.03 bits per heavy atom.